The second kappa shape index (κ2) is 5.53. The van der Waals surface area contributed by atoms with Crippen molar-refractivity contribution in [1.29, 1.82) is 5.26 Å². The smallest absolute Gasteiger partial charge is 0.307 e. The zero-order valence-electron chi connectivity index (χ0n) is 12.5. The highest BCUT2D eigenvalue weighted by atomic mass is 19.4. The van der Waals surface area contributed by atoms with Gasteiger partial charge in [-0.3, -0.25) is 5.32 Å². The highest BCUT2D eigenvalue weighted by Crippen LogP contribution is 2.43. The van der Waals surface area contributed by atoms with Crippen molar-refractivity contribution in [2.24, 2.45) is 0 Å². The lowest BCUT2D eigenvalue weighted by molar-refractivity contribution is -0.138. The number of aromatic nitrogens is 1. The zero-order valence-corrected chi connectivity index (χ0v) is 12.5. The summed E-state index contributed by atoms with van der Waals surface area (Å²) in [6.07, 6.45) is -3.72. The minimum Gasteiger partial charge on any atom is -0.307 e. The molecule has 1 aliphatic heterocycles. The summed E-state index contributed by atoms with van der Waals surface area (Å²) in [6, 6.07) is 5.73. The van der Waals surface area contributed by atoms with Gasteiger partial charge in [-0.05, 0) is 24.1 Å². The Morgan fingerprint density at radius 2 is 2.04 bits per heavy atom. The van der Waals surface area contributed by atoms with Crippen molar-refractivity contribution in [3.63, 3.8) is 0 Å². The average Bonchev–Trinajstić information content (AvgIpc) is 2.67. The van der Waals surface area contributed by atoms with Crippen LogP contribution in [0.25, 0.3) is 11.1 Å². The predicted molar refractivity (Wildman–Crippen MR) is 81.4 cm³/mol. The van der Waals surface area contributed by atoms with Gasteiger partial charge < -0.3 is 5.32 Å². The van der Waals surface area contributed by atoms with E-state index < -0.39 is 17.8 Å². The molecule has 1 aromatic heterocycles. The molecule has 0 saturated carbocycles. The van der Waals surface area contributed by atoms with Crippen LogP contribution in [0, 0.1) is 11.3 Å². The maximum atomic E-state index is 13.3. The van der Waals surface area contributed by atoms with Crippen LogP contribution in [0.2, 0.25) is 0 Å². The van der Waals surface area contributed by atoms with E-state index in [9.17, 15) is 18.0 Å². The second-order valence-electron chi connectivity index (χ2n) is 5.18. The number of nitriles is 1. The number of rotatable bonds is 1. The van der Waals surface area contributed by atoms with E-state index in [1.807, 2.05) is 6.07 Å². The van der Waals surface area contributed by atoms with Crippen molar-refractivity contribution in [2.75, 3.05) is 10.6 Å². The van der Waals surface area contributed by atoms with E-state index in [0.29, 0.717) is 5.56 Å². The molecule has 8 heteroatoms. The van der Waals surface area contributed by atoms with E-state index >= 15 is 0 Å². The first-order valence-corrected chi connectivity index (χ1v) is 7.06. The van der Waals surface area contributed by atoms with Gasteiger partial charge in [0, 0.05) is 17.3 Å². The summed E-state index contributed by atoms with van der Waals surface area (Å²) in [5, 5.41) is 14.0. The molecule has 2 N–H and O–H groups in total. The molecule has 0 spiro atoms. The molecule has 122 valence electrons. The number of alkyl halides is 3. The number of amides is 2. The second-order valence-corrected chi connectivity index (χ2v) is 5.18. The van der Waals surface area contributed by atoms with E-state index in [4.69, 9.17) is 5.26 Å². The first-order chi connectivity index (χ1) is 11.3. The number of hydrogen-bond acceptors (Lipinski definition) is 3. The molecule has 5 nitrogen and oxygen atoms in total. The Bertz CT molecular complexity index is 884. The largest absolute Gasteiger partial charge is 0.418 e. The van der Waals surface area contributed by atoms with Crippen LogP contribution >= 0.6 is 0 Å². The summed E-state index contributed by atoms with van der Waals surface area (Å²) < 4.78 is 39.9. The molecule has 0 radical (unpaired) electrons. The number of hydrogen-bond donors (Lipinski definition) is 2. The molecule has 0 unspecified atom stereocenters. The average molecular weight is 332 g/mol. The normalized spacial score (nSPS) is 13.0. The highest BCUT2D eigenvalue weighted by Gasteiger charge is 2.36. The zero-order chi connectivity index (χ0) is 17.5. The highest BCUT2D eigenvalue weighted by molar-refractivity contribution is 6.08. The molecule has 2 heterocycles. The van der Waals surface area contributed by atoms with Gasteiger partial charge in [0.05, 0.1) is 22.9 Å². The third-order valence-electron chi connectivity index (χ3n) is 3.74. The van der Waals surface area contributed by atoms with Crippen molar-refractivity contribution in [2.45, 2.75) is 19.5 Å². The van der Waals surface area contributed by atoms with Crippen molar-refractivity contribution in [3.05, 3.63) is 41.1 Å². The standard InChI is InChI=1S/C16H11F3N4O/c1-2-9-11(16(17,18)19)7-21-14-13(9)10-4-3-8(6-20)5-12(10)22-15(24)23-14/h3-5,7H,2H2,1H3,(H2,21,22,23,24). The molecule has 0 saturated heterocycles. The quantitative estimate of drug-likeness (QED) is 0.823. The number of nitrogens with zero attached hydrogens (tertiary/aromatic N) is 2. The molecular formula is C16H11F3N4O. The van der Waals surface area contributed by atoms with Crippen LogP contribution in [0.4, 0.5) is 29.5 Å². The van der Waals surface area contributed by atoms with Gasteiger partial charge in [-0.25, -0.2) is 9.78 Å². The Kier molecular flexibility index (Phi) is 3.64. The molecule has 2 amide bonds. The van der Waals surface area contributed by atoms with Crippen LogP contribution in [0.5, 0.6) is 0 Å². The number of anilines is 2. The number of benzene rings is 1. The van der Waals surface area contributed by atoms with E-state index in [0.717, 1.165) is 6.20 Å². The van der Waals surface area contributed by atoms with Crippen molar-refractivity contribution in [3.8, 4) is 17.2 Å². The topological polar surface area (TPSA) is 77.8 Å². The lowest BCUT2D eigenvalue weighted by Crippen LogP contribution is -2.19. The fourth-order valence-corrected chi connectivity index (χ4v) is 2.74. The van der Waals surface area contributed by atoms with E-state index in [-0.39, 0.29) is 34.6 Å². The summed E-state index contributed by atoms with van der Waals surface area (Å²) in [4.78, 5) is 15.7. The third kappa shape index (κ3) is 2.54. The molecule has 2 aromatic rings. The van der Waals surface area contributed by atoms with Crippen LogP contribution in [0.3, 0.4) is 0 Å². The Labute approximate surface area is 135 Å². The monoisotopic (exact) mass is 332 g/mol. The molecule has 1 aromatic carbocycles. The Balaban J connectivity index is 2.37. The van der Waals surface area contributed by atoms with Crippen LogP contribution in [0.1, 0.15) is 23.6 Å². The molecule has 3 rings (SSSR count). The Hall–Kier alpha value is -3.08. The summed E-state index contributed by atoms with van der Waals surface area (Å²) in [5.41, 5.74) is 0.359. The van der Waals surface area contributed by atoms with Crippen LogP contribution in [0.15, 0.2) is 24.4 Å². The Morgan fingerprint density at radius 1 is 1.29 bits per heavy atom. The number of halogens is 3. The van der Waals surface area contributed by atoms with Gasteiger partial charge in [0.25, 0.3) is 0 Å². The van der Waals surface area contributed by atoms with Gasteiger partial charge in [-0.15, -0.1) is 0 Å². The Morgan fingerprint density at radius 3 is 2.67 bits per heavy atom. The first kappa shape index (κ1) is 15.8. The van der Waals surface area contributed by atoms with Gasteiger partial charge in [-0.2, -0.15) is 18.4 Å². The minimum atomic E-state index is -4.55. The number of fused-ring (bicyclic) bond motifs is 3. The van der Waals surface area contributed by atoms with Crippen LogP contribution < -0.4 is 10.6 Å². The summed E-state index contributed by atoms with van der Waals surface area (Å²) in [7, 11) is 0. The van der Waals surface area contributed by atoms with Gasteiger partial charge in [0.2, 0.25) is 0 Å². The minimum absolute atomic E-state index is 0.0439. The molecule has 0 bridgehead atoms. The van der Waals surface area contributed by atoms with Gasteiger partial charge in [-0.1, -0.05) is 13.0 Å². The number of carbonyl (C=O) groups is 1. The first-order valence-electron chi connectivity index (χ1n) is 7.06. The third-order valence-corrected chi connectivity index (χ3v) is 3.74. The maximum absolute atomic E-state index is 13.3. The summed E-state index contributed by atoms with van der Waals surface area (Å²) in [6.45, 7) is 1.61. The number of carbonyl (C=O) groups excluding carboxylic acids is 1. The van der Waals surface area contributed by atoms with Crippen LogP contribution in [-0.4, -0.2) is 11.0 Å². The SMILES string of the molecule is CCc1c(C(F)(F)F)cnc2c1-c1ccc(C#N)cc1NC(=O)N2. The lowest BCUT2D eigenvalue weighted by Gasteiger charge is -2.18. The molecule has 0 fully saturated rings. The molecule has 24 heavy (non-hydrogen) atoms. The predicted octanol–water partition coefficient (Wildman–Crippen LogP) is 4.16. The van der Waals surface area contributed by atoms with E-state index in [2.05, 4.69) is 15.6 Å². The van der Waals surface area contributed by atoms with Crippen molar-refractivity contribution >= 4 is 17.5 Å². The van der Waals surface area contributed by atoms with Gasteiger partial charge in [0.15, 0.2) is 0 Å². The molecule has 0 aliphatic carbocycles. The van der Waals surface area contributed by atoms with Crippen molar-refractivity contribution < 1.29 is 18.0 Å². The maximum Gasteiger partial charge on any atom is 0.418 e. The molecule has 0 atom stereocenters. The summed E-state index contributed by atoms with van der Waals surface area (Å²) in [5.74, 6) is 0.0563. The molecule has 1 aliphatic rings. The van der Waals surface area contributed by atoms with Gasteiger partial charge >= 0.3 is 12.2 Å². The fraction of sp³-hybridized carbons (Fsp3) is 0.188. The number of pyridine rings is 1. The number of nitrogens with one attached hydrogen (secondary N) is 2. The summed E-state index contributed by atoms with van der Waals surface area (Å²) >= 11 is 0. The van der Waals surface area contributed by atoms with Gasteiger partial charge in [0.1, 0.15) is 5.82 Å². The molecular weight excluding hydrogens is 321 g/mol. The number of urea groups is 1. The van der Waals surface area contributed by atoms with Crippen LogP contribution in [-0.2, 0) is 12.6 Å². The van der Waals surface area contributed by atoms with Crippen molar-refractivity contribution in [1.82, 2.24) is 4.98 Å². The van der Waals surface area contributed by atoms with E-state index in [1.54, 1.807) is 6.92 Å². The fourth-order valence-electron chi connectivity index (χ4n) is 2.74. The lowest BCUT2D eigenvalue weighted by atomic mass is 9.93. The van der Waals surface area contributed by atoms with E-state index in [1.165, 1.54) is 18.2 Å².